The summed E-state index contributed by atoms with van der Waals surface area (Å²) in [5.74, 6) is 0. The molecule has 6 nitrogen and oxygen atoms in total. The summed E-state index contributed by atoms with van der Waals surface area (Å²) in [7, 11) is 0. The molecular weight excluding hydrogens is 338 g/mol. The van der Waals surface area contributed by atoms with Crippen LogP contribution in [0.5, 0.6) is 0 Å². The zero-order chi connectivity index (χ0) is 18.2. The molecule has 3 aromatic heterocycles. The van der Waals surface area contributed by atoms with Crippen LogP contribution < -0.4 is 5.56 Å². The maximum absolute atomic E-state index is 12.6. The predicted molar refractivity (Wildman–Crippen MR) is 104 cm³/mol. The molecule has 0 saturated carbocycles. The van der Waals surface area contributed by atoms with Crippen LogP contribution in [0.4, 0.5) is 0 Å². The molecule has 0 atom stereocenters. The van der Waals surface area contributed by atoms with Gasteiger partial charge in [-0.1, -0.05) is 36.4 Å². The fourth-order valence-corrected chi connectivity index (χ4v) is 3.33. The molecule has 27 heavy (non-hydrogen) atoms. The minimum Gasteiger partial charge on any atom is -0.294 e. The Morgan fingerprint density at radius 1 is 0.963 bits per heavy atom. The van der Waals surface area contributed by atoms with Gasteiger partial charge in [0.1, 0.15) is 0 Å². The standard InChI is InChI=1S/C21H15N5O/c27-21-17-8-9-22-11-20(17)23-13-26(21)12-14-4-6-15(7-5-14)16-2-1-3-19-18(16)10-24-25-19/h1-11,13H,12H2,(H,24,25). The summed E-state index contributed by atoms with van der Waals surface area (Å²) in [5, 5.41) is 8.79. The van der Waals surface area contributed by atoms with E-state index >= 15 is 0 Å². The largest absolute Gasteiger partial charge is 0.294 e. The maximum Gasteiger partial charge on any atom is 0.261 e. The molecule has 3 heterocycles. The predicted octanol–water partition coefficient (Wildman–Crippen LogP) is 3.38. The molecule has 5 aromatic rings. The number of aromatic amines is 1. The van der Waals surface area contributed by atoms with Gasteiger partial charge in [-0.15, -0.1) is 0 Å². The van der Waals surface area contributed by atoms with Crippen LogP contribution in [0.2, 0.25) is 0 Å². The number of nitrogens with zero attached hydrogens (tertiary/aromatic N) is 4. The number of hydrogen-bond donors (Lipinski definition) is 1. The number of rotatable bonds is 3. The minimum atomic E-state index is -0.0605. The normalized spacial score (nSPS) is 11.3. The number of H-pyrrole nitrogens is 1. The van der Waals surface area contributed by atoms with Crippen LogP contribution in [-0.2, 0) is 6.54 Å². The Kier molecular flexibility index (Phi) is 3.53. The lowest BCUT2D eigenvalue weighted by Crippen LogP contribution is -2.21. The number of aromatic nitrogens is 5. The van der Waals surface area contributed by atoms with E-state index in [1.165, 1.54) is 0 Å². The number of hydrogen-bond acceptors (Lipinski definition) is 4. The Hall–Kier alpha value is -3.80. The number of benzene rings is 2. The first kappa shape index (κ1) is 15.5. The molecule has 0 bridgehead atoms. The molecular formula is C21H15N5O. The summed E-state index contributed by atoms with van der Waals surface area (Å²) in [6, 6.07) is 16.0. The van der Waals surface area contributed by atoms with Gasteiger partial charge in [0.2, 0.25) is 0 Å². The van der Waals surface area contributed by atoms with E-state index in [9.17, 15) is 4.79 Å². The highest BCUT2D eigenvalue weighted by Crippen LogP contribution is 2.27. The smallest absolute Gasteiger partial charge is 0.261 e. The molecule has 0 aliphatic carbocycles. The van der Waals surface area contributed by atoms with E-state index < -0.39 is 0 Å². The Morgan fingerprint density at radius 2 is 1.85 bits per heavy atom. The molecule has 0 aliphatic heterocycles. The Labute approximate surface area is 154 Å². The Morgan fingerprint density at radius 3 is 2.74 bits per heavy atom. The first-order valence-electron chi connectivity index (χ1n) is 8.60. The Balaban J connectivity index is 1.49. The number of nitrogens with one attached hydrogen (secondary N) is 1. The lowest BCUT2D eigenvalue weighted by Gasteiger charge is -2.08. The van der Waals surface area contributed by atoms with Crippen LogP contribution in [0.15, 0.2) is 78.2 Å². The van der Waals surface area contributed by atoms with E-state index in [0.717, 1.165) is 27.6 Å². The monoisotopic (exact) mass is 353 g/mol. The van der Waals surface area contributed by atoms with Crippen molar-refractivity contribution in [3.63, 3.8) is 0 Å². The topological polar surface area (TPSA) is 76.5 Å². The van der Waals surface area contributed by atoms with Gasteiger partial charge in [-0.25, -0.2) is 4.98 Å². The first-order chi connectivity index (χ1) is 13.3. The second kappa shape index (κ2) is 6.17. The highest BCUT2D eigenvalue weighted by atomic mass is 16.1. The van der Waals surface area contributed by atoms with Crippen molar-refractivity contribution in [2.75, 3.05) is 0 Å². The summed E-state index contributed by atoms with van der Waals surface area (Å²) < 4.78 is 1.62. The van der Waals surface area contributed by atoms with Gasteiger partial charge in [0.05, 0.1) is 41.7 Å². The maximum atomic E-state index is 12.6. The fourth-order valence-electron chi connectivity index (χ4n) is 3.33. The minimum absolute atomic E-state index is 0.0605. The van der Waals surface area contributed by atoms with E-state index in [-0.39, 0.29) is 5.56 Å². The van der Waals surface area contributed by atoms with Gasteiger partial charge < -0.3 is 0 Å². The molecule has 0 fully saturated rings. The fraction of sp³-hybridized carbons (Fsp3) is 0.0476. The van der Waals surface area contributed by atoms with E-state index in [1.807, 2.05) is 30.5 Å². The van der Waals surface area contributed by atoms with Crippen molar-refractivity contribution in [3.05, 3.63) is 89.4 Å². The molecule has 1 N–H and O–H groups in total. The van der Waals surface area contributed by atoms with Crippen LogP contribution >= 0.6 is 0 Å². The van der Waals surface area contributed by atoms with E-state index in [4.69, 9.17) is 0 Å². The summed E-state index contributed by atoms with van der Waals surface area (Å²) >= 11 is 0. The van der Waals surface area contributed by atoms with Gasteiger partial charge >= 0.3 is 0 Å². The molecule has 0 radical (unpaired) electrons. The van der Waals surface area contributed by atoms with Gasteiger partial charge in [0.25, 0.3) is 5.56 Å². The van der Waals surface area contributed by atoms with Crippen molar-refractivity contribution in [2.24, 2.45) is 0 Å². The van der Waals surface area contributed by atoms with Gasteiger partial charge in [-0.3, -0.25) is 19.4 Å². The average Bonchev–Trinajstić information content (AvgIpc) is 3.20. The van der Waals surface area contributed by atoms with Crippen molar-refractivity contribution >= 4 is 21.8 Å². The third kappa shape index (κ3) is 2.67. The van der Waals surface area contributed by atoms with Gasteiger partial charge in [0.15, 0.2) is 0 Å². The zero-order valence-electron chi connectivity index (χ0n) is 14.3. The quantitative estimate of drug-likeness (QED) is 0.539. The van der Waals surface area contributed by atoms with E-state index in [0.29, 0.717) is 17.4 Å². The average molecular weight is 353 g/mol. The van der Waals surface area contributed by atoms with Gasteiger partial charge in [0, 0.05) is 11.6 Å². The van der Waals surface area contributed by atoms with Crippen molar-refractivity contribution < 1.29 is 0 Å². The lowest BCUT2D eigenvalue weighted by atomic mass is 10.0. The molecule has 5 rings (SSSR count). The van der Waals surface area contributed by atoms with Crippen LogP contribution in [0, 0.1) is 0 Å². The molecule has 0 amide bonds. The van der Waals surface area contributed by atoms with Crippen molar-refractivity contribution in [2.45, 2.75) is 6.54 Å². The van der Waals surface area contributed by atoms with Gasteiger partial charge in [-0.2, -0.15) is 5.10 Å². The van der Waals surface area contributed by atoms with E-state index in [1.54, 1.807) is 29.4 Å². The second-order valence-corrected chi connectivity index (χ2v) is 6.40. The molecule has 0 spiro atoms. The zero-order valence-corrected chi connectivity index (χ0v) is 14.3. The highest BCUT2D eigenvalue weighted by molar-refractivity contribution is 5.94. The van der Waals surface area contributed by atoms with Crippen LogP contribution in [-0.4, -0.2) is 24.7 Å². The number of pyridine rings is 1. The third-order valence-electron chi connectivity index (χ3n) is 4.73. The Bertz CT molecular complexity index is 1320. The highest BCUT2D eigenvalue weighted by Gasteiger charge is 2.07. The van der Waals surface area contributed by atoms with Crippen LogP contribution in [0.3, 0.4) is 0 Å². The van der Waals surface area contributed by atoms with E-state index in [2.05, 4.69) is 38.4 Å². The summed E-state index contributed by atoms with van der Waals surface area (Å²) in [5.41, 5.74) is 4.85. The molecule has 0 saturated heterocycles. The molecule has 0 aliphatic rings. The molecule has 6 heteroatoms. The molecule has 2 aromatic carbocycles. The summed E-state index contributed by atoms with van der Waals surface area (Å²) in [4.78, 5) is 21.0. The third-order valence-corrected chi connectivity index (χ3v) is 4.73. The second-order valence-electron chi connectivity index (χ2n) is 6.40. The summed E-state index contributed by atoms with van der Waals surface area (Å²) in [6.07, 6.45) is 6.63. The molecule has 0 unspecified atom stereocenters. The van der Waals surface area contributed by atoms with Crippen molar-refractivity contribution in [1.29, 1.82) is 0 Å². The van der Waals surface area contributed by atoms with Crippen molar-refractivity contribution in [3.8, 4) is 11.1 Å². The van der Waals surface area contributed by atoms with Crippen LogP contribution in [0.25, 0.3) is 32.9 Å². The first-order valence-corrected chi connectivity index (χ1v) is 8.60. The van der Waals surface area contributed by atoms with Crippen molar-refractivity contribution in [1.82, 2.24) is 24.7 Å². The molecule has 130 valence electrons. The van der Waals surface area contributed by atoms with Crippen LogP contribution in [0.1, 0.15) is 5.56 Å². The lowest BCUT2D eigenvalue weighted by molar-refractivity contribution is 0.748. The number of fused-ring (bicyclic) bond motifs is 2. The SMILES string of the molecule is O=c1c2ccncc2ncn1Cc1ccc(-c2cccc3[nH]ncc23)cc1. The van der Waals surface area contributed by atoms with Gasteiger partial charge in [-0.05, 0) is 28.8 Å². The summed E-state index contributed by atoms with van der Waals surface area (Å²) in [6.45, 7) is 0.473.